The van der Waals surface area contributed by atoms with Gasteiger partial charge in [0.1, 0.15) is 11.9 Å². The molecule has 3 aromatic rings. The predicted molar refractivity (Wildman–Crippen MR) is 136 cm³/mol. The normalized spacial score (nSPS) is 12.2. The Balaban J connectivity index is 1.68. The van der Waals surface area contributed by atoms with Gasteiger partial charge in [-0.05, 0) is 29.9 Å². The van der Waals surface area contributed by atoms with Crippen molar-refractivity contribution in [1.29, 1.82) is 0 Å². The van der Waals surface area contributed by atoms with Gasteiger partial charge in [-0.15, -0.1) is 0 Å². The van der Waals surface area contributed by atoms with E-state index >= 15 is 0 Å². The third-order valence-corrected chi connectivity index (χ3v) is 6.73. The van der Waals surface area contributed by atoms with Gasteiger partial charge in [-0.3, -0.25) is 0 Å². The van der Waals surface area contributed by atoms with E-state index in [4.69, 9.17) is 0 Å². The van der Waals surface area contributed by atoms with Gasteiger partial charge in [-0.1, -0.05) is 113 Å². The van der Waals surface area contributed by atoms with Crippen molar-refractivity contribution in [2.75, 3.05) is 0 Å². The fourth-order valence-corrected chi connectivity index (χ4v) is 4.77. The van der Waals surface area contributed by atoms with Crippen molar-refractivity contribution in [3.8, 4) is 0 Å². The molecule has 0 amide bonds. The minimum Gasteiger partial charge on any atom is -0.236 e. The van der Waals surface area contributed by atoms with E-state index in [1.807, 2.05) is 0 Å². The lowest BCUT2D eigenvalue weighted by Gasteiger charge is -2.12. The summed E-state index contributed by atoms with van der Waals surface area (Å²) in [4.78, 5) is 0. The molecule has 1 heterocycles. The number of unbranched alkanes of at least 4 members (excludes halogenated alkanes) is 7. The molecule has 1 aromatic heterocycles. The third kappa shape index (κ3) is 7.36. The van der Waals surface area contributed by atoms with Crippen molar-refractivity contribution in [1.82, 2.24) is 4.57 Å². The summed E-state index contributed by atoms with van der Waals surface area (Å²) in [5, 5.41) is 0. The lowest BCUT2D eigenvalue weighted by atomic mass is 9.96. The summed E-state index contributed by atoms with van der Waals surface area (Å²) in [6.07, 6.45) is 15.4. The van der Waals surface area contributed by atoms with Gasteiger partial charge in [0.15, 0.2) is 0 Å². The SMILES string of the molecule is CCCCCCCCCC[n+]1c(CC(C)c2ccccc2)cn(C)c1Cc1ccccc1. The Labute approximate surface area is 196 Å². The molecular weight excluding hydrogens is 388 g/mol. The molecule has 0 spiro atoms. The lowest BCUT2D eigenvalue weighted by molar-refractivity contribution is -0.710. The Morgan fingerprint density at radius 1 is 0.781 bits per heavy atom. The van der Waals surface area contributed by atoms with Crippen molar-refractivity contribution in [3.05, 3.63) is 89.5 Å². The molecule has 0 saturated heterocycles. The van der Waals surface area contributed by atoms with Crippen LogP contribution in [0, 0.1) is 0 Å². The molecule has 0 saturated carbocycles. The summed E-state index contributed by atoms with van der Waals surface area (Å²) in [6.45, 7) is 5.79. The molecule has 1 atom stereocenters. The molecule has 2 nitrogen and oxygen atoms in total. The Morgan fingerprint density at radius 3 is 2.03 bits per heavy atom. The molecule has 2 heteroatoms. The van der Waals surface area contributed by atoms with Gasteiger partial charge < -0.3 is 0 Å². The molecular formula is C30H43N2+. The summed E-state index contributed by atoms with van der Waals surface area (Å²) in [5.74, 6) is 1.95. The smallest absolute Gasteiger partial charge is 0.236 e. The van der Waals surface area contributed by atoms with Gasteiger partial charge in [-0.25, -0.2) is 9.13 Å². The molecule has 0 bridgehead atoms. The van der Waals surface area contributed by atoms with E-state index in [0.717, 1.165) is 19.4 Å². The summed E-state index contributed by atoms with van der Waals surface area (Å²) in [6, 6.07) is 21.9. The first kappa shape index (κ1) is 24.3. The van der Waals surface area contributed by atoms with E-state index in [2.05, 4.69) is 96.9 Å². The summed E-state index contributed by atoms with van der Waals surface area (Å²) in [7, 11) is 2.22. The number of rotatable bonds is 14. The Bertz CT molecular complexity index is 895. The topological polar surface area (TPSA) is 8.81 Å². The Morgan fingerprint density at radius 2 is 1.38 bits per heavy atom. The maximum Gasteiger partial charge on any atom is 0.260 e. The van der Waals surface area contributed by atoms with E-state index < -0.39 is 0 Å². The van der Waals surface area contributed by atoms with Gasteiger partial charge in [-0.2, -0.15) is 0 Å². The van der Waals surface area contributed by atoms with Crippen molar-refractivity contribution in [3.63, 3.8) is 0 Å². The number of hydrogen-bond donors (Lipinski definition) is 0. The number of nitrogens with zero attached hydrogens (tertiary/aromatic N) is 2. The van der Waals surface area contributed by atoms with Crippen LogP contribution in [0.3, 0.4) is 0 Å². The number of aromatic nitrogens is 2. The van der Waals surface area contributed by atoms with E-state index in [1.54, 1.807) is 0 Å². The van der Waals surface area contributed by atoms with Crippen molar-refractivity contribution in [2.24, 2.45) is 7.05 Å². The molecule has 0 aliphatic rings. The van der Waals surface area contributed by atoms with Crippen LogP contribution in [0.2, 0.25) is 0 Å². The molecule has 1 unspecified atom stereocenters. The van der Waals surface area contributed by atoms with E-state index in [-0.39, 0.29) is 0 Å². The molecule has 32 heavy (non-hydrogen) atoms. The largest absolute Gasteiger partial charge is 0.260 e. The van der Waals surface area contributed by atoms with Gasteiger partial charge in [0.25, 0.3) is 5.82 Å². The van der Waals surface area contributed by atoms with Gasteiger partial charge in [0.05, 0.1) is 20.0 Å². The molecule has 172 valence electrons. The van der Waals surface area contributed by atoms with E-state index in [0.29, 0.717) is 5.92 Å². The molecule has 3 rings (SSSR count). The van der Waals surface area contributed by atoms with Crippen LogP contribution in [0.25, 0.3) is 0 Å². The zero-order valence-electron chi connectivity index (χ0n) is 20.6. The quantitative estimate of drug-likeness (QED) is 0.186. The lowest BCUT2D eigenvalue weighted by Crippen LogP contribution is -2.41. The average molecular weight is 432 g/mol. The Hall–Kier alpha value is -2.35. The first-order valence-corrected chi connectivity index (χ1v) is 12.8. The van der Waals surface area contributed by atoms with Gasteiger partial charge >= 0.3 is 0 Å². The molecule has 0 aliphatic heterocycles. The van der Waals surface area contributed by atoms with Gasteiger partial charge in [0.2, 0.25) is 0 Å². The number of imidazole rings is 1. The maximum atomic E-state index is 2.63. The van der Waals surface area contributed by atoms with Crippen LogP contribution < -0.4 is 4.57 Å². The zero-order chi connectivity index (χ0) is 22.6. The Kier molecular flexibility index (Phi) is 10.1. The van der Waals surface area contributed by atoms with Crippen LogP contribution in [-0.2, 0) is 26.4 Å². The summed E-state index contributed by atoms with van der Waals surface area (Å²) >= 11 is 0. The highest BCUT2D eigenvalue weighted by Gasteiger charge is 2.23. The molecule has 0 aliphatic carbocycles. The van der Waals surface area contributed by atoms with Crippen molar-refractivity contribution < 1.29 is 4.57 Å². The first-order valence-electron chi connectivity index (χ1n) is 12.8. The summed E-state index contributed by atoms with van der Waals surface area (Å²) in [5.41, 5.74) is 4.29. The van der Waals surface area contributed by atoms with Crippen LogP contribution >= 0.6 is 0 Å². The fraction of sp³-hybridized carbons (Fsp3) is 0.500. The van der Waals surface area contributed by atoms with Gasteiger partial charge in [0, 0.05) is 6.42 Å². The maximum absolute atomic E-state index is 2.63. The zero-order valence-corrected chi connectivity index (χ0v) is 20.6. The fourth-order valence-electron chi connectivity index (χ4n) is 4.77. The second kappa shape index (κ2) is 13.3. The molecule has 0 radical (unpaired) electrons. The second-order valence-corrected chi connectivity index (χ2v) is 9.45. The third-order valence-electron chi connectivity index (χ3n) is 6.73. The van der Waals surface area contributed by atoms with Crippen LogP contribution in [-0.4, -0.2) is 4.57 Å². The highest BCUT2D eigenvalue weighted by Crippen LogP contribution is 2.20. The molecule has 0 N–H and O–H groups in total. The second-order valence-electron chi connectivity index (χ2n) is 9.45. The minimum atomic E-state index is 0.521. The van der Waals surface area contributed by atoms with Crippen LogP contribution in [0.15, 0.2) is 66.9 Å². The monoisotopic (exact) mass is 431 g/mol. The molecule has 0 fully saturated rings. The standard InChI is InChI=1S/C30H43N2/c1-4-5-6-7-8-9-10-17-22-32-29(23-26(2)28-20-15-12-16-21-28)25-31(3)30(32)24-27-18-13-11-14-19-27/h11-16,18-21,25-26H,4-10,17,22-24H2,1-3H3/q+1. The highest BCUT2D eigenvalue weighted by molar-refractivity contribution is 5.21. The number of aryl methyl sites for hydroxylation is 1. The molecule has 2 aromatic carbocycles. The van der Waals surface area contributed by atoms with Crippen LogP contribution in [0.1, 0.15) is 93.8 Å². The van der Waals surface area contributed by atoms with E-state index in [9.17, 15) is 0 Å². The summed E-state index contributed by atoms with van der Waals surface area (Å²) < 4.78 is 4.99. The predicted octanol–water partition coefficient (Wildman–Crippen LogP) is 7.39. The minimum absolute atomic E-state index is 0.521. The average Bonchev–Trinajstić information content (AvgIpc) is 3.10. The van der Waals surface area contributed by atoms with E-state index in [1.165, 1.54) is 74.0 Å². The van der Waals surface area contributed by atoms with Crippen molar-refractivity contribution >= 4 is 0 Å². The number of benzene rings is 2. The first-order chi connectivity index (χ1) is 15.7. The highest BCUT2D eigenvalue weighted by atomic mass is 15.1. The van der Waals surface area contributed by atoms with Crippen LogP contribution in [0.4, 0.5) is 0 Å². The number of hydrogen-bond acceptors (Lipinski definition) is 0. The van der Waals surface area contributed by atoms with Crippen LogP contribution in [0.5, 0.6) is 0 Å². The van der Waals surface area contributed by atoms with Crippen molar-refractivity contribution in [2.45, 2.75) is 90.5 Å².